The number of ether oxygens (including phenoxy) is 1. The summed E-state index contributed by atoms with van der Waals surface area (Å²) in [4.78, 5) is 4.37. The SMILES string of the molecule is CC.CC1(N)CNCCC12COC=N2. The molecule has 1 spiro atoms. The molecule has 2 atom stereocenters. The standard InChI is InChI=1S/C8H15N3O.C2H6/c1-7(9)4-10-3-2-8(7)5-12-6-11-8;1-2/h6,10H,2-5,9H2,1H3;1-2H3. The molecule has 3 N–H and O–H groups in total. The van der Waals surface area contributed by atoms with Gasteiger partial charge in [0.1, 0.15) is 12.1 Å². The third-order valence-corrected chi connectivity index (χ3v) is 2.97. The molecule has 0 amide bonds. The van der Waals surface area contributed by atoms with E-state index in [2.05, 4.69) is 10.3 Å². The summed E-state index contributed by atoms with van der Waals surface area (Å²) in [6.45, 7) is 8.47. The molecule has 2 unspecified atom stereocenters. The quantitative estimate of drug-likeness (QED) is 0.598. The van der Waals surface area contributed by atoms with Crippen LogP contribution in [0.25, 0.3) is 0 Å². The molecule has 4 nitrogen and oxygen atoms in total. The Bertz CT molecular complexity index is 215. The van der Waals surface area contributed by atoms with Crippen molar-refractivity contribution in [1.29, 1.82) is 0 Å². The number of nitrogens with zero attached hydrogens (tertiary/aromatic N) is 1. The van der Waals surface area contributed by atoms with Crippen LogP contribution in [0.4, 0.5) is 0 Å². The minimum Gasteiger partial charge on any atom is -0.481 e. The maximum absolute atomic E-state index is 6.16. The van der Waals surface area contributed by atoms with Crippen LogP contribution in [0.3, 0.4) is 0 Å². The first-order valence-electron chi connectivity index (χ1n) is 5.31. The minimum atomic E-state index is -0.280. The monoisotopic (exact) mass is 199 g/mol. The van der Waals surface area contributed by atoms with E-state index in [1.165, 1.54) is 6.40 Å². The van der Waals surface area contributed by atoms with Crippen molar-refractivity contribution in [2.45, 2.75) is 38.3 Å². The lowest BCUT2D eigenvalue weighted by atomic mass is 9.75. The van der Waals surface area contributed by atoms with Gasteiger partial charge in [-0.15, -0.1) is 0 Å². The smallest absolute Gasteiger partial charge is 0.170 e. The molecule has 1 fully saturated rings. The summed E-state index contributed by atoms with van der Waals surface area (Å²) >= 11 is 0. The molecule has 1 saturated heterocycles. The highest BCUT2D eigenvalue weighted by Crippen LogP contribution is 2.32. The van der Waals surface area contributed by atoms with Gasteiger partial charge in [-0.05, 0) is 19.9 Å². The Hall–Kier alpha value is -0.610. The summed E-state index contributed by atoms with van der Waals surface area (Å²) in [5.41, 5.74) is 5.71. The first kappa shape index (κ1) is 11.5. The summed E-state index contributed by atoms with van der Waals surface area (Å²) < 4.78 is 5.17. The largest absolute Gasteiger partial charge is 0.481 e. The van der Waals surface area contributed by atoms with Crippen LogP contribution in [0.1, 0.15) is 27.2 Å². The summed E-state index contributed by atoms with van der Waals surface area (Å²) in [5.74, 6) is 0. The lowest BCUT2D eigenvalue weighted by Crippen LogP contribution is -2.67. The maximum Gasteiger partial charge on any atom is 0.170 e. The Labute approximate surface area is 85.9 Å². The molecule has 82 valence electrons. The van der Waals surface area contributed by atoms with Crippen LogP contribution in [-0.2, 0) is 4.74 Å². The van der Waals surface area contributed by atoms with Crippen molar-refractivity contribution in [2.24, 2.45) is 10.7 Å². The van der Waals surface area contributed by atoms with Gasteiger partial charge in [-0.25, -0.2) is 4.99 Å². The fourth-order valence-electron chi connectivity index (χ4n) is 1.89. The van der Waals surface area contributed by atoms with Crippen molar-refractivity contribution in [3.05, 3.63) is 0 Å². The van der Waals surface area contributed by atoms with E-state index in [1.54, 1.807) is 0 Å². The van der Waals surface area contributed by atoms with Crippen LogP contribution in [0.15, 0.2) is 4.99 Å². The summed E-state index contributed by atoms with van der Waals surface area (Å²) in [5, 5.41) is 3.27. The number of hydrogen-bond donors (Lipinski definition) is 2. The number of nitrogens with two attached hydrogens (primary N) is 1. The molecular weight excluding hydrogens is 178 g/mol. The Morgan fingerprint density at radius 1 is 1.50 bits per heavy atom. The van der Waals surface area contributed by atoms with E-state index in [-0.39, 0.29) is 11.1 Å². The lowest BCUT2D eigenvalue weighted by molar-refractivity contribution is 0.137. The topological polar surface area (TPSA) is 59.6 Å². The molecule has 2 aliphatic rings. The highest BCUT2D eigenvalue weighted by atomic mass is 16.5. The predicted octanol–water partition coefficient (Wildman–Crippen LogP) is 0.521. The number of nitrogens with one attached hydrogen (secondary N) is 1. The van der Waals surface area contributed by atoms with Gasteiger partial charge in [0.25, 0.3) is 0 Å². The molecule has 0 saturated carbocycles. The van der Waals surface area contributed by atoms with E-state index in [0.29, 0.717) is 6.61 Å². The first-order chi connectivity index (χ1) is 6.66. The Balaban J connectivity index is 0.000000461. The van der Waals surface area contributed by atoms with Gasteiger partial charge >= 0.3 is 0 Å². The number of aliphatic imine (C=N–C) groups is 1. The van der Waals surface area contributed by atoms with Crippen LogP contribution in [0.2, 0.25) is 0 Å². The van der Waals surface area contributed by atoms with E-state index in [9.17, 15) is 0 Å². The van der Waals surface area contributed by atoms with Gasteiger partial charge in [0.05, 0.1) is 5.54 Å². The molecule has 2 aliphatic heterocycles. The Morgan fingerprint density at radius 3 is 2.71 bits per heavy atom. The van der Waals surface area contributed by atoms with Crippen molar-refractivity contribution in [2.75, 3.05) is 19.7 Å². The van der Waals surface area contributed by atoms with Gasteiger partial charge in [-0.3, -0.25) is 0 Å². The van der Waals surface area contributed by atoms with Crippen molar-refractivity contribution in [3.63, 3.8) is 0 Å². The molecule has 4 heteroatoms. The molecule has 0 aromatic rings. The molecule has 0 radical (unpaired) electrons. The molecule has 0 aliphatic carbocycles. The van der Waals surface area contributed by atoms with Gasteiger partial charge in [-0.2, -0.15) is 0 Å². The predicted molar refractivity (Wildman–Crippen MR) is 58.6 cm³/mol. The Kier molecular flexibility index (Phi) is 3.50. The summed E-state index contributed by atoms with van der Waals surface area (Å²) in [7, 11) is 0. The molecular formula is C10H21N3O. The zero-order chi connectivity index (χ0) is 10.7. The molecule has 14 heavy (non-hydrogen) atoms. The summed E-state index contributed by atoms with van der Waals surface area (Å²) in [6.07, 6.45) is 2.51. The normalized spacial score (nSPS) is 40.3. The van der Waals surface area contributed by atoms with Crippen molar-refractivity contribution >= 4 is 6.40 Å². The zero-order valence-electron chi connectivity index (χ0n) is 9.34. The second-order valence-electron chi connectivity index (χ2n) is 3.92. The first-order valence-corrected chi connectivity index (χ1v) is 5.31. The van der Waals surface area contributed by atoms with E-state index in [0.717, 1.165) is 19.5 Å². The minimum absolute atomic E-state index is 0.168. The van der Waals surface area contributed by atoms with E-state index < -0.39 is 0 Å². The average Bonchev–Trinajstić information content (AvgIpc) is 2.64. The maximum atomic E-state index is 6.16. The van der Waals surface area contributed by atoms with Gasteiger partial charge in [0.2, 0.25) is 0 Å². The molecule has 0 bridgehead atoms. The molecule has 2 heterocycles. The van der Waals surface area contributed by atoms with Crippen LogP contribution < -0.4 is 11.1 Å². The van der Waals surface area contributed by atoms with E-state index >= 15 is 0 Å². The van der Waals surface area contributed by atoms with Gasteiger partial charge < -0.3 is 15.8 Å². The van der Waals surface area contributed by atoms with E-state index in [1.807, 2.05) is 20.8 Å². The highest BCUT2D eigenvalue weighted by molar-refractivity contribution is 5.51. The third-order valence-electron chi connectivity index (χ3n) is 2.97. The fourth-order valence-corrected chi connectivity index (χ4v) is 1.89. The highest BCUT2D eigenvalue weighted by Gasteiger charge is 2.49. The molecule has 2 rings (SSSR count). The van der Waals surface area contributed by atoms with Crippen LogP contribution in [-0.4, -0.2) is 37.2 Å². The lowest BCUT2D eigenvalue weighted by Gasteiger charge is -2.44. The van der Waals surface area contributed by atoms with Crippen LogP contribution in [0.5, 0.6) is 0 Å². The van der Waals surface area contributed by atoms with Crippen LogP contribution in [0, 0.1) is 0 Å². The van der Waals surface area contributed by atoms with Gasteiger partial charge in [0.15, 0.2) is 6.40 Å². The number of hydrogen-bond acceptors (Lipinski definition) is 4. The zero-order valence-corrected chi connectivity index (χ0v) is 9.34. The van der Waals surface area contributed by atoms with Crippen molar-refractivity contribution in [3.8, 4) is 0 Å². The third kappa shape index (κ3) is 1.77. The molecule has 0 aromatic carbocycles. The Morgan fingerprint density at radius 2 is 2.21 bits per heavy atom. The van der Waals surface area contributed by atoms with Gasteiger partial charge in [-0.1, -0.05) is 13.8 Å². The summed E-state index contributed by atoms with van der Waals surface area (Å²) in [6, 6.07) is 0. The van der Waals surface area contributed by atoms with Crippen molar-refractivity contribution < 1.29 is 4.74 Å². The second kappa shape index (κ2) is 4.28. The number of rotatable bonds is 0. The van der Waals surface area contributed by atoms with Crippen LogP contribution >= 0.6 is 0 Å². The van der Waals surface area contributed by atoms with Crippen molar-refractivity contribution in [1.82, 2.24) is 5.32 Å². The van der Waals surface area contributed by atoms with E-state index in [4.69, 9.17) is 10.5 Å². The fraction of sp³-hybridized carbons (Fsp3) is 0.900. The number of piperidine rings is 1. The second-order valence-corrected chi connectivity index (χ2v) is 3.92. The molecule has 0 aromatic heterocycles. The average molecular weight is 199 g/mol. The van der Waals surface area contributed by atoms with Gasteiger partial charge in [0, 0.05) is 6.54 Å².